The molecule has 6 nitrogen and oxygen atoms in total. The first-order valence-corrected chi connectivity index (χ1v) is 4.42. The minimum absolute atomic E-state index is 0.139. The van der Waals surface area contributed by atoms with Crippen LogP contribution in [0.3, 0.4) is 0 Å². The number of hydrogen-bond acceptors (Lipinski definition) is 5. The molecular formula is C10H12N2O4. The van der Waals surface area contributed by atoms with Crippen LogP contribution in [0, 0.1) is 0 Å². The Balaban J connectivity index is 3.60. The third-order valence-electron chi connectivity index (χ3n) is 2.05. The van der Waals surface area contributed by atoms with Gasteiger partial charge in [-0.25, -0.2) is 9.78 Å². The molecule has 1 heterocycles. The molecule has 0 saturated heterocycles. The van der Waals surface area contributed by atoms with Crippen molar-refractivity contribution in [3.05, 3.63) is 28.5 Å². The first kappa shape index (κ1) is 12.0. The molecule has 1 rings (SSSR count). The van der Waals surface area contributed by atoms with Crippen molar-refractivity contribution in [2.45, 2.75) is 0 Å². The minimum atomic E-state index is -0.724. The Morgan fingerprint density at radius 3 is 2.56 bits per heavy atom. The molecule has 0 aromatic carbocycles. The second-order valence-corrected chi connectivity index (χ2v) is 2.91. The van der Waals surface area contributed by atoms with Crippen LogP contribution in [0.15, 0.2) is 11.4 Å². The maximum absolute atomic E-state index is 11.8. The molecule has 6 heteroatoms. The molecule has 1 aromatic rings. The molecule has 86 valence electrons. The first-order valence-electron chi connectivity index (χ1n) is 4.42. The third-order valence-corrected chi connectivity index (χ3v) is 2.05. The van der Waals surface area contributed by atoms with Gasteiger partial charge in [0.2, 0.25) is 5.75 Å². The number of carbonyl (C=O) groups is 1. The topological polar surface area (TPSA) is 70.4 Å². The van der Waals surface area contributed by atoms with Crippen molar-refractivity contribution >= 4 is 12.0 Å². The Morgan fingerprint density at radius 2 is 2.12 bits per heavy atom. The average molecular weight is 224 g/mol. The van der Waals surface area contributed by atoms with E-state index in [1.165, 1.54) is 31.9 Å². The van der Waals surface area contributed by atoms with Gasteiger partial charge in [-0.05, 0) is 6.08 Å². The number of ether oxygens (including phenoxy) is 2. The van der Waals surface area contributed by atoms with Gasteiger partial charge < -0.3 is 9.47 Å². The van der Waals surface area contributed by atoms with Crippen molar-refractivity contribution in [2.24, 2.45) is 7.05 Å². The summed E-state index contributed by atoms with van der Waals surface area (Å²) in [5.74, 6) is -0.594. The van der Waals surface area contributed by atoms with Gasteiger partial charge >= 0.3 is 5.97 Å². The summed E-state index contributed by atoms with van der Waals surface area (Å²) in [6.07, 6.45) is 1.37. The molecular weight excluding hydrogens is 212 g/mol. The average Bonchev–Trinajstić information content (AvgIpc) is 2.31. The highest BCUT2D eigenvalue weighted by Gasteiger charge is 2.20. The quantitative estimate of drug-likeness (QED) is 0.687. The van der Waals surface area contributed by atoms with Crippen molar-refractivity contribution in [1.29, 1.82) is 0 Å². The van der Waals surface area contributed by atoms with Crippen LogP contribution in [-0.4, -0.2) is 29.7 Å². The van der Waals surface area contributed by atoms with E-state index < -0.39 is 11.5 Å². The zero-order valence-corrected chi connectivity index (χ0v) is 9.31. The fourth-order valence-electron chi connectivity index (χ4n) is 1.20. The standard InChI is InChI=1S/C10H12N2O4/c1-5-6-11-7(10(14)16-4)8(15-3)9(13)12(6)2/h5H,1H2,2-4H3. The van der Waals surface area contributed by atoms with Crippen LogP contribution in [0.2, 0.25) is 0 Å². The number of hydrogen-bond donors (Lipinski definition) is 0. The van der Waals surface area contributed by atoms with E-state index >= 15 is 0 Å². The predicted molar refractivity (Wildman–Crippen MR) is 57.5 cm³/mol. The van der Waals surface area contributed by atoms with E-state index in [4.69, 9.17) is 4.74 Å². The fourth-order valence-corrected chi connectivity index (χ4v) is 1.20. The van der Waals surface area contributed by atoms with Gasteiger partial charge in [-0.15, -0.1) is 0 Å². The predicted octanol–water partition coefficient (Wildman–Crippen LogP) is 0.218. The highest BCUT2D eigenvalue weighted by molar-refractivity contribution is 5.90. The number of nitrogens with zero attached hydrogens (tertiary/aromatic N) is 2. The monoisotopic (exact) mass is 224 g/mol. The van der Waals surface area contributed by atoms with Crippen molar-refractivity contribution in [3.63, 3.8) is 0 Å². The number of carbonyl (C=O) groups excluding carboxylic acids is 1. The van der Waals surface area contributed by atoms with E-state index in [-0.39, 0.29) is 17.3 Å². The summed E-state index contributed by atoms with van der Waals surface area (Å²) in [5, 5.41) is 0. The molecule has 16 heavy (non-hydrogen) atoms. The van der Waals surface area contributed by atoms with Crippen LogP contribution in [0.25, 0.3) is 6.08 Å². The molecule has 0 bridgehead atoms. The summed E-state index contributed by atoms with van der Waals surface area (Å²) in [7, 11) is 4.00. The molecule has 1 aromatic heterocycles. The maximum Gasteiger partial charge on any atom is 0.360 e. The molecule has 0 fully saturated rings. The molecule has 0 radical (unpaired) electrons. The summed E-state index contributed by atoms with van der Waals surface area (Å²) < 4.78 is 10.6. The number of rotatable bonds is 3. The van der Waals surface area contributed by atoms with Crippen molar-refractivity contribution in [2.75, 3.05) is 14.2 Å². The molecule has 0 unspecified atom stereocenters. The lowest BCUT2D eigenvalue weighted by molar-refractivity contribution is 0.0589. The summed E-state index contributed by atoms with van der Waals surface area (Å²) in [5.41, 5.74) is -0.615. The van der Waals surface area contributed by atoms with Crippen LogP contribution in [0.1, 0.15) is 16.3 Å². The van der Waals surface area contributed by atoms with Gasteiger partial charge in [-0.1, -0.05) is 6.58 Å². The Kier molecular flexibility index (Phi) is 3.44. The van der Waals surface area contributed by atoms with Crippen molar-refractivity contribution in [1.82, 2.24) is 9.55 Å². The maximum atomic E-state index is 11.8. The fraction of sp³-hybridized carbons (Fsp3) is 0.300. The van der Waals surface area contributed by atoms with Crippen LogP contribution < -0.4 is 10.3 Å². The molecule has 0 saturated carbocycles. The van der Waals surface area contributed by atoms with Crippen molar-refractivity contribution < 1.29 is 14.3 Å². The van der Waals surface area contributed by atoms with Gasteiger partial charge in [0.15, 0.2) is 5.69 Å². The van der Waals surface area contributed by atoms with E-state index in [1.807, 2.05) is 0 Å². The molecule has 0 aliphatic rings. The van der Waals surface area contributed by atoms with E-state index in [2.05, 4.69) is 16.3 Å². The second kappa shape index (κ2) is 4.61. The highest BCUT2D eigenvalue weighted by Crippen LogP contribution is 2.12. The lowest BCUT2D eigenvalue weighted by Gasteiger charge is -2.09. The lowest BCUT2D eigenvalue weighted by Crippen LogP contribution is -2.26. The van der Waals surface area contributed by atoms with E-state index in [0.29, 0.717) is 0 Å². The van der Waals surface area contributed by atoms with Crippen LogP contribution in [0.5, 0.6) is 5.75 Å². The van der Waals surface area contributed by atoms with E-state index in [9.17, 15) is 9.59 Å². The summed E-state index contributed by atoms with van der Waals surface area (Å²) in [6.45, 7) is 3.50. The second-order valence-electron chi connectivity index (χ2n) is 2.91. The molecule has 0 atom stereocenters. The number of methoxy groups -OCH3 is 2. The van der Waals surface area contributed by atoms with Gasteiger partial charge in [0.25, 0.3) is 5.56 Å². The largest absolute Gasteiger partial charge is 0.489 e. The highest BCUT2D eigenvalue weighted by atomic mass is 16.5. The summed E-state index contributed by atoms with van der Waals surface area (Å²) in [6, 6.07) is 0. The normalized spacial score (nSPS) is 9.69. The summed E-state index contributed by atoms with van der Waals surface area (Å²) >= 11 is 0. The molecule has 0 amide bonds. The van der Waals surface area contributed by atoms with Crippen LogP contribution >= 0.6 is 0 Å². The van der Waals surface area contributed by atoms with Gasteiger partial charge in [0.05, 0.1) is 14.2 Å². The smallest absolute Gasteiger partial charge is 0.360 e. The molecule has 0 aliphatic carbocycles. The van der Waals surface area contributed by atoms with Gasteiger partial charge in [0.1, 0.15) is 5.82 Å². The van der Waals surface area contributed by atoms with E-state index in [1.54, 1.807) is 0 Å². The Bertz CT molecular complexity index is 490. The lowest BCUT2D eigenvalue weighted by atomic mass is 10.3. The first-order chi connectivity index (χ1) is 7.56. The number of esters is 1. The van der Waals surface area contributed by atoms with Crippen LogP contribution in [0.4, 0.5) is 0 Å². The zero-order chi connectivity index (χ0) is 12.3. The number of aromatic nitrogens is 2. The molecule has 0 aliphatic heterocycles. The Labute approximate surface area is 92.1 Å². The molecule has 0 spiro atoms. The van der Waals surface area contributed by atoms with Crippen LogP contribution in [-0.2, 0) is 11.8 Å². The van der Waals surface area contributed by atoms with Gasteiger partial charge in [-0.2, -0.15) is 0 Å². The van der Waals surface area contributed by atoms with Gasteiger partial charge in [0, 0.05) is 7.05 Å². The Morgan fingerprint density at radius 1 is 1.50 bits per heavy atom. The van der Waals surface area contributed by atoms with E-state index in [0.717, 1.165) is 0 Å². The third kappa shape index (κ3) is 1.81. The van der Waals surface area contributed by atoms with Crippen molar-refractivity contribution in [3.8, 4) is 5.75 Å². The Hall–Kier alpha value is -2.11. The molecule has 0 N–H and O–H groups in total. The minimum Gasteiger partial charge on any atom is -0.489 e. The SMILES string of the molecule is C=Cc1nc(C(=O)OC)c(OC)c(=O)n1C. The summed E-state index contributed by atoms with van der Waals surface area (Å²) in [4.78, 5) is 27.1. The van der Waals surface area contributed by atoms with Gasteiger partial charge in [-0.3, -0.25) is 9.36 Å². The zero-order valence-electron chi connectivity index (χ0n) is 9.31.